The quantitative estimate of drug-likeness (QED) is 0.290. The van der Waals surface area contributed by atoms with Gasteiger partial charge < -0.3 is 0 Å². The van der Waals surface area contributed by atoms with Crippen molar-refractivity contribution in [1.82, 2.24) is 0 Å². The van der Waals surface area contributed by atoms with Gasteiger partial charge in [0.2, 0.25) is 0 Å². The van der Waals surface area contributed by atoms with E-state index in [1.54, 1.807) is 11.1 Å². The zero-order valence-corrected chi connectivity index (χ0v) is 20.4. The number of aryl methyl sites for hydroxylation is 1. The standard InChI is InChI=1S/C27H47P/c1-5-9-15-23-20-21-27(26(19-11-7-3)25(23)18-10-6-2)28(22-8-4)24-16-13-12-14-17-24/h20-21,24H,5-19,22H2,1-4H3. The number of hydrogen-bond acceptors (Lipinski definition) is 0. The normalized spacial score (nSPS) is 16.4. The predicted molar refractivity (Wildman–Crippen MR) is 131 cm³/mol. The van der Waals surface area contributed by atoms with Crippen LogP contribution in [-0.4, -0.2) is 11.8 Å². The Morgan fingerprint density at radius 1 is 0.714 bits per heavy atom. The van der Waals surface area contributed by atoms with Crippen molar-refractivity contribution in [2.75, 3.05) is 6.16 Å². The van der Waals surface area contributed by atoms with Crippen LogP contribution >= 0.6 is 7.92 Å². The lowest BCUT2D eigenvalue weighted by atomic mass is 9.91. The van der Waals surface area contributed by atoms with Gasteiger partial charge in [-0.1, -0.05) is 92.7 Å². The SMILES string of the molecule is CCCCc1ccc(P(CCC)C2CCCCC2)c(CCCC)c1CCCC. The van der Waals surface area contributed by atoms with Gasteiger partial charge in [0.25, 0.3) is 0 Å². The van der Waals surface area contributed by atoms with E-state index >= 15 is 0 Å². The van der Waals surface area contributed by atoms with Crippen molar-refractivity contribution in [3.63, 3.8) is 0 Å². The molecule has 0 radical (unpaired) electrons. The molecule has 1 fully saturated rings. The minimum Gasteiger partial charge on any atom is -0.0718 e. The Bertz CT molecular complexity index is 541. The molecule has 1 aliphatic carbocycles. The fourth-order valence-corrected chi connectivity index (χ4v) is 8.36. The summed E-state index contributed by atoms with van der Waals surface area (Å²) in [5.74, 6) is 0. The van der Waals surface area contributed by atoms with Gasteiger partial charge in [0.1, 0.15) is 0 Å². The minimum atomic E-state index is 0.0321. The average Bonchev–Trinajstić information content (AvgIpc) is 2.74. The Morgan fingerprint density at radius 3 is 1.93 bits per heavy atom. The average molecular weight is 403 g/mol. The first-order valence-corrected chi connectivity index (χ1v) is 14.3. The van der Waals surface area contributed by atoms with E-state index in [1.165, 1.54) is 102 Å². The van der Waals surface area contributed by atoms with Gasteiger partial charge in [-0.15, -0.1) is 0 Å². The number of rotatable bonds is 13. The third-order valence-electron chi connectivity index (χ3n) is 6.65. The maximum atomic E-state index is 2.63. The molecule has 2 rings (SSSR count). The van der Waals surface area contributed by atoms with Gasteiger partial charge in [-0.25, -0.2) is 0 Å². The molecule has 0 nitrogen and oxygen atoms in total. The smallest absolute Gasteiger partial charge is 0.0169 e. The van der Waals surface area contributed by atoms with Crippen LogP contribution in [0.2, 0.25) is 0 Å². The van der Waals surface area contributed by atoms with Gasteiger partial charge in [0.05, 0.1) is 0 Å². The van der Waals surface area contributed by atoms with Gasteiger partial charge in [0, 0.05) is 0 Å². The first-order chi connectivity index (χ1) is 13.8. The highest BCUT2D eigenvalue weighted by Crippen LogP contribution is 2.49. The highest BCUT2D eigenvalue weighted by molar-refractivity contribution is 7.66. The lowest BCUT2D eigenvalue weighted by molar-refractivity contribution is 0.511. The Hall–Kier alpha value is -0.350. The molecule has 1 saturated carbocycles. The zero-order chi connectivity index (χ0) is 20.2. The van der Waals surface area contributed by atoms with Crippen LogP contribution < -0.4 is 5.30 Å². The van der Waals surface area contributed by atoms with Crippen molar-refractivity contribution < 1.29 is 0 Å². The highest BCUT2D eigenvalue weighted by atomic mass is 31.1. The lowest BCUT2D eigenvalue weighted by Gasteiger charge is -2.33. The van der Waals surface area contributed by atoms with Gasteiger partial charge in [-0.05, 0) is 85.2 Å². The van der Waals surface area contributed by atoms with E-state index in [0.29, 0.717) is 0 Å². The summed E-state index contributed by atoms with van der Waals surface area (Å²) in [7, 11) is 0.0321. The molecule has 1 aromatic rings. The van der Waals surface area contributed by atoms with Crippen LogP contribution in [0.15, 0.2) is 12.1 Å². The molecule has 0 aliphatic heterocycles. The Morgan fingerprint density at radius 2 is 1.32 bits per heavy atom. The molecule has 1 aromatic carbocycles. The van der Waals surface area contributed by atoms with Crippen LogP contribution in [0.5, 0.6) is 0 Å². The summed E-state index contributed by atoms with van der Waals surface area (Å²) in [6.45, 7) is 9.47. The maximum Gasteiger partial charge on any atom is -0.0169 e. The molecule has 0 saturated heterocycles. The van der Waals surface area contributed by atoms with Crippen molar-refractivity contribution in [1.29, 1.82) is 0 Å². The van der Waals surface area contributed by atoms with Crippen molar-refractivity contribution in [3.8, 4) is 0 Å². The topological polar surface area (TPSA) is 0 Å². The minimum absolute atomic E-state index is 0.0321. The fourth-order valence-electron chi connectivity index (χ4n) is 5.03. The molecule has 28 heavy (non-hydrogen) atoms. The molecule has 0 N–H and O–H groups in total. The molecular weight excluding hydrogens is 355 g/mol. The van der Waals surface area contributed by atoms with Crippen LogP contribution in [0.1, 0.15) is 121 Å². The first kappa shape index (κ1) is 23.9. The molecule has 0 aromatic heterocycles. The summed E-state index contributed by atoms with van der Waals surface area (Å²) < 4.78 is 0. The Kier molecular flexibility index (Phi) is 11.8. The lowest BCUT2D eigenvalue weighted by Crippen LogP contribution is -2.23. The van der Waals surface area contributed by atoms with E-state index in [1.807, 2.05) is 10.9 Å². The molecule has 0 bridgehead atoms. The van der Waals surface area contributed by atoms with E-state index in [-0.39, 0.29) is 7.92 Å². The summed E-state index contributed by atoms with van der Waals surface area (Å²) in [5.41, 5.74) is 6.32. The van der Waals surface area contributed by atoms with Crippen LogP contribution in [0.3, 0.4) is 0 Å². The number of benzene rings is 1. The van der Waals surface area contributed by atoms with E-state index in [0.717, 1.165) is 5.66 Å². The fraction of sp³-hybridized carbons (Fsp3) is 0.778. The second-order valence-electron chi connectivity index (χ2n) is 9.00. The summed E-state index contributed by atoms with van der Waals surface area (Å²) >= 11 is 0. The van der Waals surface area contributed by atoms with E-state index in [4.69, 9.17) is 0 Å². The van der Waals surface area contributed by atoms with Gasteiger partial charge >= 0.3 is 0 Å². The Labute approximate surface area is 178 Å². The van der Waals surface area contributed by atoms with Crippen LogP contribution in [-0.2, 0) is 19.3 Å². The monoisotopic (exact) mass is 402 g/mol. The molecule has 0 spiro atoms. The van der Waals surface area contributed by atoms with Crippen LogP contribution in [0, 0.1) is 0 Å². The largest absolute Gasteiger partial charge is 0.0718 e. The predicted octanol–water partition coefficient (Wildman–Crippen LogP) is 8.56. The van der Waals surface area contributed by atoms with Crippen molar-refractivity contribution in [2.45, 2.75) is 130 Å². The summed E-state index contributed by atoms with van der Waals surface area (Å²) in [6.07, 6.45) is 22.2. The van der Waals surface area contributed by atoms with Crippen LogP contribution in [0.4, 0.5) is 0 Å². The van der Waals surface area contributed by atoms with Crippen molar-refractivity contribution in [2.24, 2.45) is 0 Å². The summed E-state index contributed by atoms with van der Waals surface area (Å²) in [4.78, 5) is 0. The van der Waals surface area contributed by atoms with Gasteiger partial charge in [-0.2, -0.15) is 0 Å². The summed E-state index contributed by atoms with van der Waals surface area (Å²) in [6, 6.07) is 5.20. The zero-order valence-electron chi connectivity index (χ0n) is 19.5. The molecule has 1 atom stereocenters. The second-order valence-corrected chi connectivity index (χ2v) is 11.6. The molecule has 1 unspecified atom stereocenters. The number of hydrogen-bond donors (Lipinski definition) is 0. The highest BCUT2D eigenvalue weighted by Gasteiger charge is 2.27. The van der Waals surface area contributed by atoms with Gasteiger partial charge in [-0.3, -0.25) is 0 Å². The molecule has 1 aliphatic rings. The van der Waals surface area contributed by atoms with Crippen molar-refractivity contribution >= 4 is 13.2 Å². The van der Waals surface area contributed by atoms with Gasteiger partial charge in [0.15, 0.2) is 0 Å². The van der Waals surface area contributed by atoms with E-state index < -0.39 is 0 Å². The Balaban J connectivity index is 2.45. The molecule has 0 amide bonds. The third kappa shape index (κ3) is 6.86. The van der Waals surface area contributed by atoms with E-state index in [9.17, 15) is 0 Å². The number of unbranched alkanes of at least 4 members (excludes halogenated alkanes) is 3. The first-order valence-electron chi connectivity index (χ1n) is 12.7. The third-order valence-corrected chi connectivity index (χ3v) is 10.0. The molecular formula is C27H47P. The maximum absolute atomic E-state index is 2.63. The molecule has 160 valence electrons. The van der Waals surface area contributed by atoms with Crippen LogP contribution in [0.25, 0.3) is 0 Å². The molecule has 1 heteroatoms. The summed E-state index contributed by atoms with van der Waals surface area (Å²) in [5, 5.41) is 1.84. The molecule has 0 heterocycles. The van der Waals surface area contributed by atoms with Crippen molar-refractivity contribution in [3.05, 3.63) is 28.8 Å². The second kappa shape index (κ2) is 13.8. The van der Waals surface area contributed by atoms with E-state index in [2.05, 4.69) is 39.8 Å².